The molecule has 0 saturated heterocycles. The van der Waals surface area contributed by atoms with E-state index in [1.54, 1.807) is 18.7 Å². The maximum atomic E-state index is 11.6. The van der Waals surface area contributed by atoms with E-state index in [1.165, 1.54) is 0 Å². The highest BCUT2D eigenvalue weighted by molar-refractivity contribution is 7.98. The molecule has 0 aromatic carbocycles. The van der Waals surface area contributed by atoms with Crippen molar-refractivity contribution in [1.82, 2.24) is 5.32 Å². The van der Waals surface area contributed by atoms with Crippen LogP contribution >= 0.6 is 11.8 Å². The molecule has 0 heterocycles. The Balaban J connectivity index is 2.33. The number of hydrogen-bond acceptors (Lipinski definition) is 4. The molecule has 0 bridgehead atoms. The molecule has 0 spiro atoms. The average Bonchev–Trinajstić information content (AvgIpc) is 2.10. The molecule has 4 N–H and O–H groups in total. The standard InChI is InChI=1S/C10H20N2O2S/c1-9(14,7-15-2)6-12-8(13)10(11)4-3-5-10/h14H,3-7,11H2,1-2H3,(H,12,13). The first-order chi connectivity index (χ1) is 6.90. The Morgan fingerprint density at radius 1 is 1.67 bits per heavy atom. The van der Waals surface area contributed by atoms with E-state index < -0.39 is 11.1 Å². The number of aliphatic hydroxyl groups is 1. The zero-order chi connectivity index (χ0) is 11.5. The average molecular weight is 232 g/mol. The summed E-state index contributed by atoms with van der Waals surface area (Å²) in [5, 5.41) is 12.6. The third kappa shape index (κ3) is 3.36. The van der Waals surface area contributed by atoms with Gasteiger partial charge < -0.3 is 16.2 Å². The molecule has 1 atom stereocenters. The first-order valence-electron chi connectivity index (χ1n) is 5.18. The Morgan fingerprint density at radius 3 is 2.67 bits per heavy atom. The zero-order valence-corrected chi connectivity index (χ0v) is 10.2. The molecule has 88 valence electrons. The fourth-order valence-electron chi connectivity index (χ4n) is 1.59. The Kier molecular flexibility index (Phi) is 4.03. The van der Waals surface area contributed by atoms with Crippen LogP contribution in [0.4, 0.5) is 0 Å². The number of hydrogen-bond donors (Lipinski definition) is 3. The Bertz CT molecular complexity index is 240. The molecule has 0 aromatic heterocycles. The highest BCUT2D eigenvalue weighted by Gasteiger charge is 2.40. The number of rotatable bonds is 5. The van der Waals surface area contributed by atoms with E-state index in [1.807, 2.05) is 6.26 Å². The monoisotopic (exact) mass is 232 g/mol. The van der Waals surface area contributed by atoms with Gasteiger partial charge in [0.05, 0.1) is 11.1 Å². The van der Waals surface area contributed by atoms with Crippen LogP contribution in [0, 0.1) is 0 Å². The molecule has 1 saturated carbocycles. The van der Waals surface area contributed by atoms with Crippen molar-refractivity contribution < 1.29 is 9.90 Å². The number of nitrogens with two attached hydrogens (primary N) is 1. The third-order valence-corrected chi connectivity index (χ3v) is 3.69. The van der Waals surface area contributed by atoms with Crippen LogP contribution in [0.5, 0.6) is 0 Å². The fraction of sp³-hybridized carbons (Fsp3) is 0.900. The summed E-state index contributed by atoms with van der Waals surface area (Å²) in [5.74, 6) is 0.473. The van der Waals surface area contributed by atoms with Crippen LogP contribution in [0.15, 0.2) is 0 Å². The van der Waals surface area contributed by atoms with Gasteiger partial charge >= 0.3 is 0 Å². The summed E-state index contributed by atoms with van der Waals surface area (Å²) in [5.41, 5.74) is 4.33. The third-order valence-electron chi connectivity index (χ3n) is 2.78. The second kappa shape index (κ2) is 4.72. The lowest BCUT2D eigenvalue weighted by molar-refractivity contribution is -0.130. The quantitative estimate of drug-likeness (QED) is 0.628. The van der Waals surface area contributed by atoms with Gasteiger partial charge in [-0.15, -0.1) is 0 Å². The molecule has 4 nitrogen and oxygen atoms in total. The predicted octanol–water partition coefficient (Wildman–Crippen LogP) is 0.0980. The Morgan fingerprint density at radius 2 is 2.27 bits per heavy atom. The lowest BCUT2D eigenvalue weighted by atomic mass is 9.77. The van der Waals surface area contributed by atoms with E-state index in [9.17, 15) is 9.90 Å². The van der Waals surface area contributed by atoms with Crippen molar-refractivity contribution in [2.75, 3.05) is 18.6 Å². The summed E-state index contributed by atoms with van der Waals surface area (Å²) in [7, 11) is 0. The molecule has 1 amide bonds. The minimum atomic E-state index is -0.852. The first-order valence-corrected chi connectivity index (χ1v) is 6.57. The molecular formula is C10H20N2O2S. The van der Waals surface area contributed by atoms with Crippen LogP contribution < -0.4 is 11.1 Å². The summed E-state index contributed by atoms with van der Waals surface area (Å²) < 4.78 is 0. The number of amides is 1. The van der Waals surface area contributed by atoms with E-state index in [4.69, 9.17) is 5.73 Å². The van der Waals surface area contributed by atoms with E-state index in [0.29, 0.717) is 5.75 Å². The lowest BCUT2D eigenvalue weighted by Gasteiger charge is -2.37. The van der Waals surface area contributed by atoms with Gasteiger partial charge in [-0.2, -0.15) is 11.8 Å². The fourth-order valence-corrected chi connectivity index (χ4v) is 2.32. The zero-order valence-electron chi connectivity index (χ0n) is 9.38. The van der Waals surface area contributed by atoms with Crippen LogP contribution in [-0.2, 0) is 4.79 Å². The van der Waals surface area contributed by atoms with Gasteiger partial charge in [0.15, 0.2) is 0 Å². The second-order valence-corrected chi connectivity index (χ2v) is 5.49. The molecule has 1 aliphatic rings. The van der Waals surface area contributed by atoms with Crippen molar-refractivity contribution >= 4 is 17.7 Å². The Hall–Kier alpha value is -0.260. The van der Waals surface area contributed by atoms with Crippen LogP contribution in [0.1, 0.15) is 26.2 Å². The van der Waals surface area contributed by atoms with Crippen molar-refractivity contribution in [3.8, 4) is 0 Å². The van der Waals surface area contributed by atoms with Crippen molar-refractivity contribution in [3.05, 3.63) is 0 Å². The Labute approximate surface area is 95.0 Å². The van der Waals surface area contributed by atoms with Gasteiger partial charge in [-0.1, -0.05) is 0 Å². The number of thioether (sulfide) groups is 1. The second-order valence-electron chi connectivity index (χ2n) is 4.62. The maximum absolute atomic E-state index is 11.6. The van der Waals surface area contributed by atoms with Gasteiger partial charge in [0.1, 0.15) is 0 Å². The van der Waals surface area contributed by atoms with Gasteiger partial charge in [-0.05, 0) is 32.4 Å². The van der Waals surface area contributed by atoms with Gasteiger partial charge in [-0.3, -0.25) is 4.79 Å². The molecule has 15 heavy (non-hydrogen) atoms. The largest absolute Gasteiger partial charge is 0.387 e. The maximum Gasteiger partial charge on any atom is 0.240 e. The molecule has 1 rings (SSSR count). The van der Waals surface area contributed by atoms with Crippen LogP contribution in [0.3, 0.4) is 0 Å². The normalized spacial score (nSPS) is 22.7. The van der Waals surface area contributed by atoms with E-state index in [0.717, 1.165) is 19.3 Å². The van der Waals surface area contributed by atoms with Gasteiger partial charge in [-0.25, -0.2) is 0 Å². The highest BCUT2D eigenvalue weighted by Crippen LogP contribution is 2.29. The van der Waals surface area contributed by atoms with Gasteiger partial charge in [0.2, 0.25) is 5.91 Å². The minimum Gasteiger partial charge on any atom is -0.387 e. The summed E-state index contributed by atoms with van der Waals surface area (Å²) in [6.07, 6.45) is 4.45. The van der Waals surface area contributed by atoms with E-state index in [-0.39, 0.29) is 12.5 Å². The number of nitrogens with one attached hydrogen (secondary N) is 1. The van der Waals surface area contributed by atoms with Crippen molar-refractivity contribution in [2.45, 2.75) is 37.3 Å². The number of carbonyl (C=O) groups is 1. The minimum absolute atomic E-state index is 0.130. The molecule has 0 radical (unpaired) electrons. The SMILES string of the molecule is CSCC(C)(O)CNC(=O)C1(N)CCC1. The molecular weight excluding hydrogens is 212 g/mol. The van der Waals surface area contributed by atoms with E-state index >= 15 is 0 Å². The van der Waals surface area contributed by atoms with Crippen molar-refractivity contribution in [1.29, 1.82) is 0 Å². The molecule has 1 fully saturated rings. The topological polar surface area (TPSA) is 75.3 Å². The van der Waals surface area contributed by atoms with Crippen LogP contribution in [-0.4, -0.2) is 40.7 Å². The van der Waals surface area contributed by atoms with Crippen molar-refractivity contribution in [3.63, 3.8) is 0 Å². The molecule has 0 aromatic rings. The molecule has 1 unspecified atom stereocenters. The smallest absolute Gasteiger partial charge is 0.240 e. The molecule has 1 aliphatic carbocycles. The van der Waals surface area contributed by atoms with Crippen LogP contribution in [0.2, 0.25) is 0 Å². The summed E-state index contributed by atoms with van der Waals surface area (Å²) >= 11 is 1.55. The summed E-state index contributed by atoms with van der Waals surface area (Å²) in [4.78, 5) is 11.6. The van der Waals surface area contributed by atoms with Crippen molar-refractivity contribution in [2.24, 2.45) is 5.73 Å². The summed E-state index contributed by atoms with van der Waals surface area (Å²) in [6, 6.07) is 0. The highest BCUT2D eigenvalue weighted by atomic mass is 32.2. The van der Waals surface area contributed by atoms with Gasteiger partial charge in [0.25, 0.3) is 0 Å². The first kappa shape index (κ1) is 12.8. The molecule has 5 heteroatoms. The van der Waals surface area contributed by atoms with Crippen LogP contribution in [0.25, 0.3) is 0 Å². The van der Waals surface area contributed by atoms with Gasteiger partial charge in [0, 0.05) is 12.3 Å². The molecule has 0 aliphatic heterocycles. The predicted molar refractivity (Wildman–Crippen MR) is 62.8 cm³/mol. The number of carbonyl (C=O) groups excluding carboxylic acids is 1. The summed E-state index contributed by atoms with van der Waals surface area (Å²) in [6.45, 7) is 1.99. The van der Waals surface area contributed by atoms with E-state index in [2.05, 4.69) is 5.32 Å². The lowest BCUT2D eigenvalue weighted by Crippen LogP contribution is -2.60.